The Kier molecular flexibility index (Phi) is 5.62. The van der Waals surface area contributed by atoms with Gasteiger partial charge in [0.05, 0.1) is 12.9 Å². The molecular weight excluding hydrogens is 288 g/mol. The van der Waals surface area contributed by atoms with E-state index in [0.717, 1.165) is 30.1 Å². The van der Waals surface area contributed by atoms with Gasteiger partial charge in [-0.15, -0.1) is 5.10 Å². The molecule has 7 heteroatoms. The zero-order chi connectivity index (χ0) is 15.1. The number of H-pyrrole nitrogens is 1. The maximum Gasteiger partial charge on any atom is 0.234 e. The van der Waals surface area contributed by atoms with Gasteiger partial charge in [-0.3, -0.25) is 9.89 Å². The van der Waals surface area contributed by atoms with Crippen LogP contribution in [0.2, 0.25) is 0 Å². The fourth-order valence-electron chi connectivity index (χ4n) is 1.69. The Morgan fingerprint density at radius 3 is 2.81 bits per heavy atom. The van der Waals surface area contributed by atoms with Crippen LogP contribution in [0.4, 0.5) is 5.69 Å². The molecule has 0 spiro atoms. The number of carbonyl (C=O) groups is 1. The van der Waals surface area contributed by atoms with Gasteiger partial charge in [-0.25, -0.2) is 4.98 Å². The molecule has 0 aliphatic heterocycles. The van der Waals surface area contributed by atoms with Gasteiger partial charge >= 0.3 is 0 Å². The Bertz CT molecular complexity index is 583. The molecule has 1 heterocycles. The average molecular weight is 306 g/mol. The van der Waals surface area contributed by atoms with Gasteiger partial charge in [0.1, 0.15) is 11.6 Å². The maximum absolute atomic E-state index is 11.8. The van der Waals surface area contributed by atoms with Crippen LogP contribution in [0, 0.1) is 0 Å². The van der Waals surface area contributed by atoms with E-state index in [1.54, 1.807) is 31.4 Å². The lowest BCUT2D eigenvalue weighted by Crippen LogP contribution is -2.14. The van der Waals surface area contributed by atoms with Crippen molar-refractivity contribution in [3.63, 3.8) is 0 Å². The lowest BCUT2D eigenvalue weighted by molar-refractivity contribution is -0.113. The van der Waals surface area contributed by atoms with Crippen molar-refractivity contribution in [2.75, 3.05) is 18.2 Å². The summed E-state index contributed by atoms with van der Waals surface area (Å²) in [4.78, 5) is 16.1. The predicted molar refractivity (Wildman–Crippen MR) is 82.7 cm³/mol. The molecular formula is C14H18N4O2S. The van der Waals surface area contributed by atoms with E-state index in [-0.39, 0.29) is 11.7 Å². The van der Waals surface area contributed by atoms with Gasteiger partial charge < -0.3 is 10.1 Å². The van der Waals surface area contributed by atoms with Crippen molar-refractivity contribution in [2.24, 2.45) is 0 Å². The quantitative estimate of drug-likeness (QED) is 0.768. The number of amides is 1. The number of ether oxygens (including phenoxy) is 1. The number of anilines is 1. The van der Waals surface area contributed by atoms with Crippen LogP contribution < -0.4 is 10.1 Å². The number of nitrogens with zero attached hydrogens (tertiary/aromatic N) is 2. The van der Waals surface area contributed by atoms with Crippen molar-refractivity contribution in [2.45, 2.75) is 24.9 Å². The molecule has 0 fully saturated rings. The summed E-state index contributed by atoms with van der Waals surface area (Å²) in [6.45, 7) is 2.08. The van der Waals surface area contributed by atoms with E-state index in [4.69, 9.17) is 4.74 Å². The number of rotatable bonds is 7. The summed E-state index contributed by atoms with van der Waals surface area (Å²) < 4.78 is 5.06. The molecule has 0 atom stereocenters. The zero-order valence-corrected chi connectivity index (χ0v) is 12.9. The van der Waals surface area contributed by atoms with Crippen molar-refractivity contribution >= 4 is 23.4 Å². The van der Waals surface area contributed by atoms with E-state index in [1.807, 2.05) is 0 Å². The highest BCUT2D eigenvalue weighted by atomic mass is 32.2. The summed E-state index contributed by atoms with van der Waals surface area (Å²) in [5.41, 5.74) is 0.739. The molecule has 112 valence electrons. The zero-order valence-electron chi connectivity index (χ0n) is 12.0. The molecule has 0 aliphatic carbocycles. The molecule has 1 amide bonds. The summed E-state index contributed by atoms with van der Waals surface area (Å²) >= 11 is 1.31. The number of carbonyl (C=O) groups excluding carboxylic acids is 1. The molecule has 1 aromatic carbocycles. The van der Waals surface area contributed by atoms with Gasteiger partial charge in [0.2, 0.25) is 11.1 Å². The van der Waals surface area contributed by atoms with Crippen LogP contribution in [-0.2, 0) is 11.2 Å². The predicted octanol–water partition coefficient (Wildman–Crippen LogP) is 2.50. The van der Waals surface area contributed by atoms with E-state index in [0.29, 0.717) is 5.16 Å². The summed E-state index contributed by atoms with van der Waals surface area (Å²) in [7, 11) is 1.61. The van der Waals surface area contributed by atoms with Crippen molar-refractivity contribution in [1.29, 1.82) is 0 Å². The second kappa shape index (κ2) is 7.68. The second-order valence-corrected chi connectivity index (χ2v) is 5.32. The van der Waals surface area contributed by atoms with Gasteiger partial charge in [0.15, 0.2) is 0 Å². The Morgan fingerprint density at radius 2 is 2.14 bits per heavy atom. The van der Waals surface area contributed by atoms with E-state index < -0.39 is 0 Å². The molecule has 21 heavy (non-hydrogen) atoms. The van der Waals surface area contributed by atoms with Crippen LogP contribution in [0.1, 0.15) is 19.2 Å². The fourth-order valence-corrected chi connectivity index (χ4v) is 2.31. The van der Waals surface area contributed by atoms with Crippen LogP contribution in [0.25, 0.3) is 0 Å². The summed E-state index contributed by atoms with van der Waals surface area (Å²) in [6, 6.07) is 7.20. The first-order chi connectivity index (χ1) is 10.2. The molecule has 2 N–H and O–H groups in total. The van der Waals surface area contributed by atoms with Gasteiger partial charge in [-0.05, 0) is 30.7 Å². The number of aryl methyl sites for hydroxylation is 1. The Balaban J connectivity index is 1.80. The van der Waals surface area contributed by atoms with Crippen molar-refractivity contribution < 1.29 is 9.53 Å². The standard InChI is InChI=1S/C14H18N4O2S/c1-3-4-12-16-14(18-17-12)21-9-13(19)15-10-5-7-11(20-2)8-6-10/h5-8H,3-4,9H2,1-2H3,(H,15,19)(H,16,17,18). The minimum Gasteiger partial charge on any atom is -0.497 e. The molecule has 0 aliphatic rings. The first-order valence-corrected chi connectivity index (χ1v) is 7.67. The Hall–Kier alpha value is -2.02. The third-order valence-corrected chi connectivity index (χ3v) is 3.55. The summed E-state index contributed by atoms with van der Waals surface area (Å²) in [5.74, 6) is 1.80. The molecule has 0 unspecified atom stereocenters. The van der Waals surface area contributed by atoms with Crippen molar-refractivity contribution in [1.82, 2.24) is 15.2 Å². The third kappa shape index (κ3) is 4.78. The van der Waals surface area contributed by atoms with Gasteiger partial charge in [0.25, 0.3) is 0 Å². The number of thioether (sulfide) groups is 1. The summed E-state index contributed by atoms with van der Waals surface area (Å²) in [5, 5.41) is 10.3. The molecule has 0 radical (unpaired) electrons. The maximum atomic E-state index is 11.8. The van der Waals surface area contributed by atoms with Crippen LogP contribution in [0.15, 0.2) is 29.4 Å². The highest BCUT2D eigenvalue weighted by molar-refractivity contribution is 7.99. The lowest BCUT2D eigenvalue weighted by Gasteiger charge is -2.05. The van der Waals surface area contributed by atoms with Crippen LogP contribution in [0.5, 0.6) is 5.75 Å². The topological polar surface area (TPSA) is 79.9 Å². The third-order valence-electron chi connectivity index (χ3n) is 2.70. The number of benzene rings is 1. The number of hydrogen-bond acceptors (Lipinski definition) is 5. The smallest absolute Gasteiger partial charge is 0.234 e. The van der Waals surface area contributed by atoms with Crippen LogP contribution >= 0.6 is 11.8 Å². The molecule has 0 bridgehead atoms. The Morgan fingerprint density at radius 1 is 1.38 bits per heavy atom. The van der Waals surface area contributed by atoms with Gasteiger partial charge in [-0.2, -0.15) is 0 Å². The summed E-state index contributed by atoms with van der Waals surface area (Å²) in [6.07, 6.45) is 1.88. The highest BCUT2D eigenvalue weighted by Gasteiger charge is 2.07. The van der Waals surface area contributed by atoms with E-state index in [9.17, 15) is 4.79 Å². The number of methoxy groups -OCH3 is 1. The highest BCUT2D eigenvalue weighted by Crippen LogP contribution is 2.17. The van der Waals surface area contributed by atoms with Crippen molar-refractivity contribution in [3.8, 4) is 5.75 Å². The average Bonchev–Trinajstić information content (AvgIpc) is 2.94. The van der Waals surface area contributed by atoms with Gasteiger partial charge in [0, 0.05) is 12.1 Å². The largest absolute Gasteiger partial charge is 0.497 e. The number of aromatic amines is 1. The Labute approximate surface area is 127 Å². The van der Waals surface area contributed by atoms with Gasteiger partial charge in [-0.1, -0.05) is 18.7 Å². The van der Waals surface area contributed by atoms with Crippen molar-refractivity contribution in [3.05, 3.63) is 30.1 Å². The molecule has 0 saturated heterocycles. The number of hydrogen-bond donors (Lipinski definition) is 2. The number of aromatic nitrogens is 3. The molecule has 2 aromatic rings. The minimum atomic E-state index is -0.0907. The van der Waals surface area contributed by atoms with E-state index in [2.05, 4.69) is 27.4 Å². The van der Waals surface area contributed by atoms with E-state index in [1.165, 1.54) is 11.8 Å². The fraction of sp³-hybridized carbons (Fsp3) is 0.357. The minimum absolute atomic E-state index is 0.0907. The molecule has 0 saturated carbocycles. The molecule has 1 aromatic heterocycles. The van der Waals surface area contributed by atoms with E-state index >= 15 is 0 Å². The molecule has 2 rings (SSSR count). The molecule has 6 nitrogen and oxygen atoms in total. The normalized spacial score (nSPS) is 10.4. The monoisotopic (exact) mass is 306 g/mol. The number of nitrogens with one attached hydrogen (secondary N) is 2. The van der Waals surface area contributed by atoms with Crippen LogP contribution in [0.3, 0.4) is 0 Å². The lowest BCUT2D eigenvalue weighted by atomic mass is 10.3. The second-order valence-electron chi connectivity index (χ2n) is 4.38. The first-order valence-electron chi connectivity index (χ1n) is 6.69. The van der Waals surface area contributed by atoms with Crippen LogP contribution in [-0.4, -0.2) is 34.0 Å². The SMILES string of the molecule is CCCc1nc(SCC(=O)Nc2ccc(OC)cc2)n[nH]1. The first kappa shape index (κ1) is 15.4.